The van der Waals surface area contributed by atoms with E-state index in [1.165, 1.54) is 6.08 Å². The number of nitro groups is 1. The maximum absolute atomic E-state index is 11.3. The third-order valence-corrected chi connectivity index (χ3v) is 2.98. The second kappa shape index (κ2) is 7.17. The number of rotatable bonds is 6. The van der Waals surface area contributed by atoms with Crippen LogP contribution >= 0.6 is 0 Å². The third kappa shape index (κ3) is 3.91. The monoisotopic (exact) mass is 314 g/mol. The first-order valence-electron chi connectivity index (χ1n) is 6.80. The smallest absolute Gasteiger partial charge is 0.338 e. The van der Waals surface area contributed by atoms with Gasteiger partial charge in [0.25, 0.3) is 5.69 Å². The van der Waals surface area contributed by atoms with Crippen molar-refractivity contribution in [2.24, 2.45) is 0 Å². The van der Waals surface area contributed by atoms with Crippen molar-refractivity contribution in [3.05, 3.63) is 63.5 Å². The van der Waals surface area contributed by atoms with Crippen molar-refractivity contribution in [3.63, 3.8) is 0 Å². The molecule has 1 aromatic carbocycles. The molecule has 0 spiro atoms. The van der Waals surface area contributed by atoms with Crippen molar-refractivity contribution in [1.29, 1.82) is 0 Å². The predicted molar refractivity (Wildman–Crippen MR) is 84.4 cm³/mol. The van der Waals surface area contributed by atoms with E-state index in [-0.39, 0.29) is 16.9 Å². The van der Waals surface area contributed by atoms with Crippen LogP contribution in [0.25, 0.3) is 12.2 Å². The van der Waals surface area contributed by atoms with Gasteiger partial charge in [0.1, 0.15) is 11.9 Å². The average molecular weight is 314 g/mol. The summed E-state index contributed by atoms with van der Waals surface area (Å²) in [7, 11) is 0. The van der Waals surface area contributed by atoms with Gasteiger partial charge in [-0.05, 0) is 25.1 Å². The molecule has 1 aromatic heterocycles. The molecule has 0 atom stereocenters. The number of carbonyl (C=O) groups is 1. The lowest BCUT2D eigenvalue weighted by Crippen LogP contribution is -2.03. The van der Waals surface area contributed by atoms with E-state index >= 15 is 0 Å². The molecular weight excluding hydrogens is 300 g/mol. The fourth-order valence-corrected chi connectivity index (χ4v) is 1.94. The standard InChI is InChI=1S/C16H14N2O5/c1-2-23-15-6-4-3-5-11(15)7-8-14-13(16(19)20)9-12(10-17-14)18(21)22/h3-10H,2H2,1H3,(H,19,20)/b8-7-. The molecule has 2 rings (SSSR count). The quantitative estimate of drug-likeness (QED) is 0.648. The van der Waals surface area contributed by atoms with Crippen LogP contribution in [0.15, 0.2) is 36.5 Å². The van der Waals surface area contributed by atoms with Crippen LogP contribution in [-0.2, 0) is 0 Å². The largest absolute Gasteiger partial charge is 0.493 e. The van der Waals surface area contributed by atoms with Crippen molar-refractivity contribution < 1.29 is 19.6 Å². The Balaban J connectivity index is 2.40. The Morgan fingerprint density at radius 2 is 2.13 bits per heavy atom. The molecule has 0 saturated carbocycles. The third-order valence-electron chi connectivity index (χ3n) is 2.98. The van der Waals surface area contributed by atoms with Crippen LogP contribution in [0.1, 0.15) is 28.5 Å². The minimum atomic E-state index is -1.28. The number of ether oxygens (including phenoxy) is 1. The van der Waals surface area contributed by atoms with Crippen LogP contribution < -0.4 is 4.74 Å². The predicted octanol–water partition coefficient (Wildman–Crippen LogP) is 3.26. The maximum atomic E-state index is 11.3. The highest BCUT2D eigenvalue weighted by molar-refractivity contribution is 5.93. The number of nitrogens with zero attached hydrogens (tertiary/aromatic N) is 2. The number of aromatic nitrogens is 1. The molecule has 2 aromatic rings. The van der Waals surface area contributed by atoms with E-state index in [1.807, 2.05) is 25.1 Å². The van der Waals surface area contributed by atoms with E-state index in [4.69, 9.17) is 4.74 Å². The summed E-state index contributed by atoms with van der Waals surface area (Å²) in [5.74, 6) is -0.621. The molecule has 0 fully saturated rings. The number of hydrogen-bond donors (Lipinski definition) is 1. The second-order valence-electron chi connectivity index (χ2n) is 4.49. The molecule has 23 heavy (non-hydrogen) atoms. The van der Waals surface area contributed by atoms with Crippen molar-refractivity contribution in [1.82, 2.24) is 4.98 Å². The van der Waals surface area contributed by atoms with Crippen LogP contribution in [0.3, 0.4) is 0 Å². The first kappa shape index (κ1) is 16.2. The van der Waals surface area contributed by atoms with E-state index in [0.717, 1.165) is 17.8 Å². The molecule has 0 aliphatic heterocycles. The van der Waals surface area contributed by atoms with Crippen LogP contribution in [-0.4, -0.2) is 27.6 Å². The van der Waals surface area contributed by atoms with E-state index in [9.17, 15) is 20.0 Å². The Morgan fingerprint density at radius 1 is 1.39 bits per heavy atom. The molecule has 0 aliphatic rings. The van der Waals surface area contributed by atoms with Gasteiger partial charge in [0.15, 0.2) is 0 Å². The lowest BCUT2D eigenvalue weighted by molar-refractivity contribution is -0.385. The normalized spacial score (nSPS) is 10.7. The minimum Gasteiger partial charge on any atom is -0.493 e. The molecule has 0 radical (unpaired) electrons. The van der Waals surface area contributed by atoms with Gasteiger partial charge in [-0.2, -0.15) is 0 Å². The van der Waals surface area contributed by atoms with Gasteiger partial charge in [0, 0.05) is 11.6 Å². The van der Waals surface area contributed by atoms with Crippen molar-refractivity contribution in [2.45, 2.75) is 6.92 Å². The van der Waals surface area contributed by atoms with Crippen molar-refractivity contribution >= 4 is 23.8 Å². The number of carboxylic acids is 1. The first-order valence-corrected chi connectivity index (χ1v) is 6.80. The van der Waals surface area contributed by atoms with Gasteiger partial charge in [0.2, 0.25) is 0 Å². The number of para-hydroxylation sites is 1. The van der Waals surface area contributed by atoms with Gasteiger partial charge in [-0.25, -0.2) is 9.78 Å². The number of aromatic carboxylic acids is 1. The Kier molecular flexibility index (Phi) is 5.03. The molecule has 0 unspecified atom stereocenters. The van der Waals surface area contributed by atoms with Gasteiger partial charge in [-0.3, -0.25) is 10.1 Å². The van der Waals surface area contributed by atoms with Crippen LogP contribution in [0.2, 0.25) is 0 Å². The average Bonchev–Trinajstić information content (AvgIpc) is 2.54. The fourth-order valence-electron chi connectivity index (χ4n) is 1.94. The fraction of sp³-hybridized carbons (Fsp3) is 0.125. The highest BCUT2D eigenvalue weighted by Crippen LogP contribution is 2.22. The van der Waals surface area contributed by atoms with E-state index < -0.39 is 10.9 Å². The summed E-state index contributed by atoms with van der Waals surface area (Å²) in [6, 6.07) is 8.25. The summed E-state index contributed by atoms with van der Waals surface area (Å²) in [4.78, 5) is 25.2. The zero-order valence-electron chi connectivity index (χ0n) is 12.3. The van der Waals surface area contributed by atoms with E-state index in [2.05, 4.69) is 4.98 Å². The second-order valence-corrected chi connectivity index (χ2v) is 4.49. The van der Waals surface area contributed by atoms with Gasteiger partial charge in [-0.15, -0.1) is 0 Å². The Hall–Kier alpha value is -3.22. The first-order chi connectivity index (χ1) is 11.0. The summed E-state index contributed by atoms with van der Waals surface area (Å²) in [6.07, 6.45) is 4.18. The van der Waals surface area contributed by atoms with Crippen molar-refractivity contribution in [2.75, 3.05) is 6.61 Å². The topological polar surface area (TPSA) is 103 Å². The SMILES string of the molecule is CCOc1ccccc1/C=C\c1ncc([N+](=O)[O-])cc1C(=O)O. The molecule has 0 aliphatic carbocycles. The molecule has 7 nitrogen and oxygen atoms in total. The number of carboxylic acid groups (broad SMARTS) is 1. The van der Waals surface area contributed by atoms with Gasteiger partial charge >= 0.3 is 5.97 Å². The summed E-state index contributed by atoms with van der Waals surface area (Å²) >= 11 is 0. The Morgan fingerprint density at radius 3 is 2.78 bits per heavy atom. The summed E-state index contributed by atoms with van der Waals surface area (Å²) in [5.41, 5.74) is 0.291. The number of benzene rings is 1. The minimum absolute atomic E-state index is 0.134. The zero-order chi connectivity index (χ0) is 16.8. The zero-order valence-corrected chi connectivity index (χ0v) is 12.3. The molecule has 1 N–H and O–H groups in total. The van der Waals surface area contributed by atoms with Gasteiger partial charge in [0.05, 0.1) is 22.8 Å². The lowest BCUT2D eigenvalue weighted by Gasteiger charge is -2.06. The lowest BCUT2D eigenvalue weighted by atomic mass is 10.1. The number of hydrogen-bond acceptors (Lipinski definition) is 5. The molecule has 7 heteroatoms. The van der Waals surface area contributed by atoms with E-state index in [0.29, 0.717) is 12.4 Å². The van der Waals surface area contributed by atoms with Crippen LogP contribution in [0.4, 0.5) is 5.69 Å². The van der Waals surface area contributed by atoms with Crippen LogP contribution in [0, 0.1) is 10.1 Å². The highest BCUT2D eigenvalue weighted by Gasteiger charge is 2.16. The molecule has 0 saturated heterocycles. The van der Waals surface area contributed by atoms with Crippen molar-refractivity contribution in [3.8, 4) is 5.75 Å². The summed E-state index contributed by atoms with van der Waals surface area (Å²) in [6.45, 7) is 2.36. The Labute approximate surface area is 132 Å². The molecule has 1 heterocycles. The highest BCUT2D eigenvalue weighted by atomic mass is 16.6. The molecular formula is C16H14N2O5. The van der Waals surface area contributed by atoms with Gasteiger partial charge < -0.3 is 9.84 Å². The molecule has 0 bridgehead atoms. The summed E-state index contributed by atoms with van der Waals surface area (Å²) < 4.78 is 5.48. The Bertz CT molecular complexity index is 771. The maximum Gasteiger partial charge on any atom is 0.338 e. The number of pyridine rings is 1. The van der Waals surface area contributed by atoms with Crippen LogP contribution in [0.5, 0.6) is 5.75 Å². The molecule has 0 amide bonds. The molecule has 118 valence electrons. The van der Waals surface area contributed by atoms with Gasteiger partial charge in [-0.1, -0.05) is 18.2 Å². The van der Waals surface area contributed by atoms with E-state index in [1.54, 1.807) is 12.1 Å². The summed E-state index contributed by atoms with van der Waals surface area (Å²) in [5, 5.41) is 19.9.